The third kappa shape index (κ3) is 3.83. The van der Waals surface area contributed by atoms with Crippen molar-refractivity contribution in [3.8, 4) is 0 Å². The molecule has 0 saturated carbocycles. The van der Waals surface area contributed by atoms with E-state index in [1.54, 1.807) is 0 Å². The fourth-order valence-corrected chi connectivity index (χ4v) is 4.90. The average molecular weight is 361 g/mol. The van der Waals surface area contributed by atoms with E-state index in [2.05, 4.69) is 55.8 Å². The maximum Gasteiger partial charge on any atom is 0.115 e. The molecule has 0 radical (unpaired) electrons. The first kappa shape index (κ1) is 21.0. The van der Waals surface area contributed by atoms with Gasteiger partial charge in [0.2, 0.25) is 0 Å². The number of nitrogens with one attached hydrogen (secondary N) is 1. The Morgan fingerprint density at radius 1 is 1.35 bits per heavy atom. The van der Waals surface area contributed by atoms with Gasteiger partial charge < -0.3 is 5.32 Å². The highest BCUT2D eigenvalue weighted by Crippen LogP contribution is 2.48. The van der Waals surface area contributed by atoms with E-state index in [9.17, 15) is 0 Å². The van der Waals surface area contributed by atoms with Crippen molar-refractivity contribution in [1.82, 2.24) is 10.2 Å². The number of fused-ring (bicyclic) bond motifs is 2. The van der Waals surface area contributed by atoms with Gasteiger partial charge in [-0.05, 0) is 55.9 Å². The number of allylic oxidation sites excluding steroid dienone is 4. The van der Waals surface area contributed by atoms with Gasteiger partial charge in [0.1, 0.15) is 5.67 Å². The Balaban J connectivity index is 2.49. The summed E-state index contributed by atoms with van der Waals surface area (Å²) in [6.07, 6.45) is 14.0. The lowest BCUT2D eigenvalue weighted by atomic mass is 9.74. The summed E-state index contributed by atoms with van der Waals surface area (Å²) in [5.74, 6) is 0.355. The molecule has 0 aromatic carbocycles. The van der Waals surface area contributed by atoms with Crippen molar-refractivity contribution < 1.29 is 4.39 Å². The van der Waals surface area contributed by atoms with E-state index in [1.807, 2.05) is 26.1 Å². The third-order valence-electron chi connectivity index (χ3n) is 6.58. The Hall–Kier alpha value is -1.35. The maximum atomic E-state index is 15.6. The van der Waals surface area contributed by atoms with E-state index in [0.29, 0.717) is 18.8 Å². The maximum absolute atomic E-state index is 15.6. The summed E-state index contributed by atoms with van der Waals surface area (Å²) in [6.45, 7) is 14.1. The topological polar surface area (TPSA) is 15.3 Å². The molecule has 146 valence electrons. The molecule has 1 aliphatic carbocycles. The van der Waals surface area contributed by atoms with Crippen molar-refractivity contribution >= 4 is 0 Å². The molecule has 26 heavy (non-hydrogen) atoms. The van der Waals surface area contributed by atoms with Gasteiger partial charge in [-0.1, -0.05) is 52.5 Å². The summed E-state index contributed by atoms with van der Waals surface area (Å²) in [6, 6.07) is 0. The first-order valence-electron chi connectivity index (χ1n) is 10.2. The van der Waals surface area contributed by atoms with E-state index in [0.717, 1.165) is 31.6 Å². The zero-order chi connectivity index (χ0) is 19.4. The number of likely N-dealkylation sites (N-methyl/N-ethyl adjacent to an activating group) is 2. The molecular formula is C23H37FN2. The van der Waals surface area contributed by atoms with Gasteiger partial charge in [-0.15, -0.1) is 0 Å². The highest BCUT2D eigenvalue weighted by atomic mass is 19.1. The van der Waals surface area contributed by atoms with E-state index in [-0.39, 0.29) is 11.5 Å². The second-order valence-corrected chi connectivity index (χ2v) is 7.91. The van der Waals surface area contributed by atoms with E-state index >= 15 is 4.39 Å². The molecule has 0 aromatic rings. The number of hydrogen-bond donors (Lipinski definition) is 1. The summed E-state index contributed by atoms with van der Waals surface area (Å²) in [5.41, 5.74) is 1.32. The molecule has 1 N–H and O–H groups in total. The molecule has 4 atom stereocenters. The number of rotatable bonds is 7. The van der Waals surface area contributed by atoms with Crippen molar-refractivity contribution in [3.05, 3.63) is 48.2 Å². The molecule has 2 aliphatic rings. The Morgan fingerprint density at radius 3 is 2.62 bits per heavy atom. The fraction of sp³-hybridized carbons (Fsp3) is 0.652. The standard InChI is InChI=1S/C23H37FN2/c1-7-11-21(25-6)14-20(8-2)23-13-12-19(16-23)15-22(24,9-3)18(5)17-26(23)10-4/h7,11-14,18-19,25H,1,8-10,15-17H2,2-6H3/b20-14+,21-11+. The van der Waals surface area contributed by atoms with Crippen LogP contribution in [0.5, 0.6) is 0 Å². The lowest BCUT2D eigenvalue weighted by Gasteiger charge is -2.48. The predicted molar refractivity (Wildman–Crippen MR) is 111 cm³/mol. The van der Waals surface area contributed by atoms with Crippen LogP contribution in [0.4, 0.5) is 4.39 Å². The van der Waals surface area contributed by atoms with Gasteiger partial charge in [0, 0.05) is 25.2 Å². The summed E-state index contributed by atoms with van der Waals surface area (Å²) in [4.78, 5) is 2.51. The van der Waals surface area contributed by atoms with Crippen molar-refractivity contribution in [3.63, 3.8) is 0 Å². The minimum Gasteiger partial charge on any atom is -0.388 e. The fourth-order valence-electron chi connectivity index (χ4n) is 4.90. The van der Waals surface area contributed by atoms with Crippen molar-refractivity contribution in [1.29, 1.82) is 0 Å². The summed E-state index contributed by atoms with van der Waals surface area (Å²) >= 11 is 0. The van der Waals surface area contributed by atoms with E-state index < -0.39 is 5.67 Å². The van der Waals surface area contributed by atoms with Gasteiger partial charge >= 0.3 is 0 Å². The Labute approximate surface area is 159 Å². The molecule has 1 heterocycles. The number of nitrogens with zero attached hydrogens (tertiary/aromatic N) is 1. The molecule has 1 aliphatic heterocycles. The van der Waals surface area contributed by atoms with Crippen LogP contribution in [0.3, 0.4) is 0 Å². The number of alkyl halides is 1. The van der Waals surface area contributed by atoms with Crippen LogP contribution in [0.15, 0.2) is 48.2 Å². The average Bonchev–Trinajstić information content (AvgIpc) is 3.07. The molecular weight excluding hydrogens is 323 g/mol. The third-order valence-corrected chi connectivity index (χ3v) is 6.58. The highest BCUT2D eigenvalue weighted by molar-refractivity contribution is 5.39. The Morgan fingerprint density at radius 2 is 2.08 bits per heavy atom. The molecule has 1 saturated heterocycles. The Kier molecular flexibility index (Phi) is 6.90. The normalized spacial score (nSPS) is 35.9. The predicted octanol–water partition coefficient (Wildman–Crippen LogP) is 5.41. The van der Waals surface area contributed by atoms with Crippen LogP contribution in [-0.4, -0.2) is 36.2 Å². The monoisotopic (exact) mass is 360 g/mol. The van der Waals surface area contributed by atoms with Gasteiger partial charge in [0.25, 0.3) is 0 Å². The first-order valence-corrected chi connectivity index (χ1v) is 10.2. The smallest absolute Gasteiger partial charge is 0.115 e. The molecule has 0 amide bonds. The van der Waals surface area contributed by atoms with E-state index in [1.165, 1.54) is 5.57 Å². The van der Waals surface area contributed by atoms with E-state index in [4.69, 9.17) is 0 Å². The Bertz CT molecular complexity index is 591. The number of halogens is 1. The largest absolute Gasteiger partial charge is 0.388 e. The highest BCUT2D eigenvalue weighted by Gasteiger charge is 2.49. The van der Waals surface area contributed by atoms with Crippen LogP contribution in [0.25, 0.3) is 0 Å². The molecule has 4 unspecified atom stereocenters. The quantitative estimate of drug-likeness (QED) is 0.482. The van der Waals surface area contributed by atoms with Crippen LogP contribution < -0.4 is 5.32 Å². The molecule has 3 heteroatoms. The second kappa shape index (κ2) is 8.56. The number of likely N-dealkylation sites (tertiary alicyclic amines) is 1. The van der Waals surface area contributed by atoms with Crippen LogP contribution in [0.1, 0.15) is 53.4 Å². The zero-order valence-corrected chi connectivity index (χ0v) is 17.3. The van der Waals surface area contributed by atoms with Crippen molar-refractivity contribution in [2.75, 3.05) is 20.1 Å². The van der Waals surface area contributed by atoms with Crippen LogP contribution in [0.2, 0.25) is 0 Å². The van der Waals surface area contributed by atoms with Crippen LogP contribution >= 0.6 is 0 Å². The summed E-state index contributed by atoms with van der Waals surface area (Å²) in [7, 11) is 1.95. The molecule has 1 fully saturated rings. The minimum absolute atomic E-state index is 0.0418. The summed E-state index contributed by atoms with van der Waals surface area (Å²) in [5, 5.41) is 3.26. The van der Waals surface area contributed by atoms with Crippen LogP contribution in [-0.2, 0) is 0 Å². The van der Waals surface area contributed by atoms with Crippen LogP contribution in [0, 0.1) is 11.8 Å². The van der Waals surface area contributed by atoms with Gasteiger partial charge in [0.05, 0.1) is 5.54 Å². The van der Waals surface area contributed by atoms with Crippen molar-refractivity contribution in [2.24, 2.45) is 11.8 Å². The molecule has 2 rings (SSSR count). The molecule has 0 aromatic heterocycles. The summed E-state index contributed by atoms with van der Waals surface area (Å²) < 4.78 is 15.6. The van der Waals surface area contributed by atoms with Gasteiger partial charge in [-0.2, -0.15) is 0 Å². The molecule has 2 bridgehead atoms. The minimum atomic E-state index is -1.06. The van der Waals surface area contributed by atoms with Gasteiger partial charge in [-0.25, -0.2) is 4.39 Å². The second-order valence-electron chi connectivity index (χ2n) is 7.91. The number of hydrogen-bond acceptors (Lipinski definition) is 2. The SMILES string of the molecule is C=C/C=C(\C=C(/CC)C12C=CC(CC(F)(CC)C(C)CN1CC)C2)NC. The molecule has 2 nitrogen and oxygen atoms in total. The van der Waals surface area contributed by atoms with Gasteiger partial charge in [0.15, 0.2) is 0 Å². The van der Waals surface area contributed by atoms with Gasteiger partial charge in [-0.3, -0.25) is 4.90 Å². The lowest BCUT2D eigenvalue weighted by Crippen LogP contribution is -2.54. The molecule has 0 spiro atoms. The first-order chi connectivity index (χ1) is 12.4. The van der Waals surface area contributed by atoms with Crippen molar-refractivity contribution in [2.45, 2.75) is 64.6 Å². The lowest BCUT2D eigenvalue weighted by molar-refractivity contribution is 0.00185. The zero-order valence-electron chi connectivity index (χ0n) is 17.3.